The molecule has 0 unspecified atom stereocenters. The Bertz CT molecular complexity index is 1410. The lowest BCUT2D eigenvalue weighted by Gasteiger charge is -2.33. The molecule has 0 fully saturated rings. The summed E-state index contributed by atoms with van der Waals surface area (Å²) in [5.41, 5.74) is 4.02. The molecular weight excluding hydrogens is 510 g/mol. The van der Waals surface area contributed by atoms with E-state index >= 15 is 0 Å². The molecule has 0 aromatic heterocycles. The van der Waals surface area contributed by atoms with Crippen LogP contribution in [0.15, 0.2) is 77.7 Å². The lowest BCUT2D eigenvalue weighted by atomic mass is 10.1. The molecule has 0 aliphatic heterocycles. The van der Waals surface area contributed by atoms with Crippen molar-refractivity contribution in [3.63, 3.8) is 0 Å². The third-order valence-corrected chi connectivity index (χ3v) is 8.61. The molecule has 2 atom stereocenters. The smallest absolute Gasteiger partial charge is 0.264 e. The van der Waals surface area contributed by atoms with Gasteiger partial charge in [-0.2, -0.15) is 0 Å². The topological polar surface area (TPSA) is 86.8 Å². The van der Waals surface area contributed by atoms with Gasteiger partial charge in [-0.15, -0.1) is 0 Å². The van der Waals surface area contributed by atoms with E-state index in [9.17, 15) is 18.0 Å². The molecule has 0 saturated heterocycles. The predicted molar refractivity (Wildman–Crippen MR) is 156 cm³/mol. The number of amides is 2. The molecule has 0 bridgehead atoms. The van der Waals surface area contributed by atoms with Crippen LogP contribution in [0.3, 0.4) is 0 Å². The SMILES string of the molecule is CC[C@@H](C)NC(=O)[C@@H](C)N(Cc1cccc(C)c1)C(=O)CN(c1ccc(C)cc1C)S(=O)(=O)c1ccccc1. The second kappa shape index (κ2) is 12.9. The first-order valence-corrected chi connectivity index (χ1v) is 14.7. The van der Waals surface area contributed by atoms with Gasteiger partial charge in [-0.25, -0.2) is 8.42 Å². The summed E-state index contributed by atoms with van der Waals surface area (Å²) in [6.45, 7) is 11.0. The predicted octanol–water partition coefficient (Wildman–Crippen LogP) is 5.14. The van der Waals surface area contributed by atoms with Gasteiger partial charge in [-0.05, 0) is 70.4 Å². The zero-order valence-electron chi connectivity index (χ0n) is 23.6. The van der Waals surface area contributed by atoms with Gasteiger partial charge in [0.2, 0.25) is 11.8 Å². The Morgan fingerprint density at radius 2 is 1.54 bits per heavy atom. The number of nitrogens with zero attached hydrogens (tertiary/aromatic N) is 2. The number of anilines is 1. The van der Waals surface area contributed by atoms with Gasteiger partial charge in [-0.3, -0.25) is 13.9 Å². The summed E-state index contributed by atoms with van der Waals surface area (Å²) >= 11 is 0. The molecule has 2 amide bonds. The monoisotopic (exact) mass is 549 g/mol. The summed E-state index contributed by atoms with van der Waals surface area (Å²) < 4.78 is 28.9. The van der Waals surface area contributed by atoms with Crippen LogP contribution >= 0.6 is 0 Å². The van der Waals surface area contributed by atoms with Gasteiger partial charge in [0.25, 0.3) is 10.0 Å². The van der Waals surface area contributed by atoms with Crippen molar-refractivity contribution in [2.45, 2.75) is 71.5 Å². The molecule has 3 aromatic rings. The number of hydrogen-bond acceptors (Lipinski definition) is 4. The highest BCUT2D eigenvalue weighted by Gasteiger charge is 2.33. The van der Waals surface area contributed by atoms with Crippen molar-refractivity contribution in [3.8, 4) is 0 Å². The van der Waals surface area contributed by atoms with Crippen LogP contribution in [0, 0.1) is 20.8 Å². The molecule has 3 aromatic carbocycles. The molecule has 0 heterocycles. The van der Waals surface area contributed by atoms with Crippen molar-refractivity contribution < 1.29 is 18.0 Å². The molecular formula is C31H39N3O4S. The van der Waals surface area contributed by atoms with Gasteiger partial charge >= 0.3 is 0 Å². The third-order valence-electron chi connectivity index (χ3n) is 6.83. The average Bonchev–Trinajstić information content (AvgIpc) is 2.90. The van der Waals surface area contributed by atoms with Crippen LogP contribution in [-0.4, -0.2) is 43.8 Å². The molecule has 0 radical (unpaired) electrons. The van der Waals surface area contributed by atoms with E-state index in [2.05, 4.69) is 5.32 Å². The fraction of sp³-hybridized carbons (Fsp3) is 0.355. The van der Waals surface area contributed by atoms with Crippen molar-refractivity contribution >= 4 is 27.5 Å². The molecule has 8 heteroatoms. The normalized spacial score (nSPS) is 12.9. The maximum absolute atomic E-state index is 14.0. The van der Waals surface area contributed by atoms with Crippen LogP contribution in [0.2, 0.25) is 0 Å². The van der Waals surface area contributed by atoms with E-state index in [-0.39, 0.29) is 23.4 Å². The number of benzene rings is 3. The summed E-state index contributed by atoms with van der Waals surface area (Å²) in [5, 5.41) is 2.95. The second-order valence-electron chi connectivity index (χ2n) is 10.1. The van der Waals surface area contributed by atoms with Gasteiger partial charge < -0.3 is 10.2 Å². The molecule has 3 rings (SSSR count). The van der Waals surface area contributed by atoms with Crippen LogP contribution in [0.1, 0.15) is 49.4 Å². The summed E-state index contributed by atoms with van der Waals surface area (Å²) in [4.78, 5) is 28.7. The zero-order valence-corrected chi connectivity index (χ0v) is 24.5. The summed E-state index contributed by atoms with van der Waals surface area (Å²) in [5.74, 6) is -0.753. The maximum Gasteiger partial charge on any atom is 0.264 e. The quantitative estimate of drug-likeness (QED) is 0.359. The van der Waals surface area contributed by atoms with Crippen LogP contribution < -0.4 is 9.62 Å². The van der Waals surface area contributed by atoms with Gasteiger partial charge in [0.15, 0.2) is 0 Å². The summed E-state index contributed by atoms with van der Waals surface area (Å²) in [7, 11) is -4.08. The van der Waals surface area contributed by atoms with Gasteiger partial charge in [-0.1, -0.05) is 72.6 Å². The first-order chi connectivity index (χ1) is 18.4. The second-order valence-corrected chi connectivity index (χ2v) is 12.0. The maximum atomic E-state index is 14.0. The van der Waals surface area contributed by atoms with E-state index in [1.807, 2.05) is 71.0 Å². The van der Waals surface area contributed by atoms with E-state index in [0.717, 1.165) is 33.0 Å². The highest BCUT2D eigenvalue weighted by atomic mass is 32.2. The summed E-state index contributed by atoms with van der Waals surface area (Å²) in [6.07, 6.45) is 0.750. The summed E-state index contributed by atoms with van der Waals surface area (Å²) in [6, 6.07) is 20.4. The average molecular weight is 550 g/mol. The van der Waals surface area contributed by atoms with E-state index in [0.29, 0.717) is 5.69 Å². The Morgan fingerprint density at radius 1 is 0.872 bits per heavy atom. The highest BCUT2D eigenvalue weighted by molar-refractivity contribution is 7.92. The van der Waals surface area contributed by atoms with Crippen molar-refractivity contribution in [2.75, 3.05) is 10.8 Å². The first kappa shape index (κ1) is 29.9. The van der Waals surface area contributed by atoms with E-state index in [1.165, 1.54) is 17.0 Å². The van der Waals surface area contributed by atoms with E-state index < -0.39 is 28.5 Å². The number of carbonyl (C=O) groups is 2. The number of rotatable bonds is 11. The fourth-order valence-corrected chi connectivity index (χ4v) is 5.87. The van der Waals surface area contributed by atoms with Gasteiger partial charge in [0.1, 0.15) is 12.6 Å². The molecule has 7 nitrogen and oxygen atoms in total. The van der Waals surface area contributed by atoms with Crippen LogP contribution in [0.25, 0.3) is 0 Å². The Hall–Kier alpha value is -3.65. The van der Waals surface area contributed by atoms with Crippen LogP contribution in [0.5, 0.6) is 0 Å². The standard InChI is InChI=1S/C31H39N3O4S/c1-7-25(5)32-31(36)26(6)33(20-27-13-11-12-22(2)19-27)30(35)21-34(29-17-16-23(3)18-24(29)4)39(37,38)28-14-9-8-10-15-28/h8-19,25-26H,7,20-21H2,1-6H3,(H,32,36)/t25-,26-/m1/s1. The molecule has 39 heavy (non-hydrogen) atoms. The minimum Gasteiger partial charge on any atom is -0.352 e. The van der Waals surface area contributed by atoms with Gasteiger partial charge in [0, 0.05) is 12.6 Å². The molecule has 1 N–H and O–H groups in total. The Labute approximate surface area is 232 Å². The van der Waals surface area contributed by atoms with Crippen LogP contribution in [0.4, 0.5) is 5.69 Å². The van der Waals surface area contributed by atoms with Gasteiger partial charge in [0.05, 0.1) is 10.6 Å². The number of nitrogens with one attached hydrogen (secondary N) is 1. The largest absolute Gasteiger partial charge is 0.352 e. The van der Waals surface area contributed by atoms with Crippen molar-refractivity contribution in [1.82, 2.24) is 10.2 Å². The molecule has 0 saturated carbocycles. The van der Waals surface area contributed by atoms with Crippen molar-refractivity contribution in [3.05, 3.63) is 95.1 Å². The Kier molecular flexibility index (Phi) is 9.92. The fourth-order valence-electron chi connectivity index (χ4n) is 4.37. The molecule has 208 valence electrons. The minimum atomic E-state index is -4.08. The third kappa shape index (κ3) is 7.47. The molecule has 0 aliphatic rings. The number of aryl methyl sites for hydroxylation is 3. The molecule has 0 aliphatic carbocycles. The van der Waals surface area contributed by atoms with E-state index in [1.54, 1.807) is 31.2 Å². The Morgan fingerprint density at radius 3 is 2.15 bits per heavy atom. The lowest BCUT2D eigenvalue weighted by Crippen LogP contribution is -2.52. The number of carbonyl (C=O) groups excluding carboxylic acids is 2. The number of sulfonamides is 1. The molecule has 0 spiro atoms. The zero-order chi connectivity index (χ0) is 28.7. The van der Waals surface area contributed by atoms with Crippen LogP contribution in [-0.2, 0) is 26.2 Å². The minimum absolute atomic E-state index is 0.0546. The highest BCUT2D eigenvalue weighted by Crippen LogP contribution is 2.28. The number of hydrogen-bond donors (Lipinski definition) is 1. The van der Waals surface area contributed by atoms with Crippen molar-refractivity contribution in [2.24, 2.45) is 0 Å². The Balaban J connectivity index is 2.05. The van der Waals surface area contributed by atoms with E-state index in [4.69, 9.17) is 0 Å². The van der Waals surface area contributed by atoms with Crippen molar-refractivity contribution in [1.29, 1.82) is 0 Å². The lowest BCUT2D eigenvalue weighted by molar-refractivity contribution is -0.139. The first-order valence-electron chi connectivity index (χ1n) is 13.2.